The number of ether oxygens (including phenoxy) is 1. The van der Waals surface area contributed by atoms with Crippen LogP contribution < -0.4 is 15.4 Å². The summed E-state index contributed by atoms with van der Waals surface area (Å²) in [5.74, 6) is 1.54. The Morgan fingerprint density at radius 1 is 0.929 bits per heavy atom. The summed E-state index contributed by atoms with van der Waals surface area (Å²) >= 11 is 0. The summed E-state index contributed by atoms with van der Waals surface area (Å²) in [4.78, 5) is 23.7. The first-order chi connectivity index (χ1) is 13.7. The Bertz CT molecular complexity index is 917. The maximum atomic E-state index is 12.0. The van der Waals surface area contributed by atoms with E-state index < -0.39 is 0 Å². The first-order valence-corrected chi connectivity index (χ1v) is 8.81. The Kier molecular flexibility index (Phi) is 6.62. The summed E-state index contributed by atoms with van der Waals surface area (Å²) in [6.07, 6.45) is 4.63. The molecule has 0 radical (unpaired) electrons. The molecular weight excluding hydrogens is 356 g/mol. The minimum atomic E-state index is -0.286. The van der Waals surface area contributed by atoms with Crippen molar-refractivity contribution in [2.45, 2.75) is 6.42 Å². The Hall–Kier alpha value is -3.80. The normalized spacial score (nSPS) is 10.6. The zero-order chi connectivity index (χ0) is 19.6. The summed E-state index contributed by atoms with van der Waals surface area (Å²) in [6, 6.07) is 20.0. The van der Waals surface area contributed by atoms with Crippen LogP contribution >= 0.6 is 0 Å². The van der Waals surface area contributed by atoms with E-state index in [1.54, 1.807) is 42.5 Å². The minimum absolute atomic E-state index is 0.169. The first kappa shape index (κ1) is 19.0. The van der Waals surface area contributed by atoms with Gasteiger partial charge >= 0.3 is 0 Å². The maximum absolute atomic E-state index is 12.0. The van der Waals surface area contributed by atoms with E-state index in [1.165, 1.54) is 12.3 Å². The molecule has 2 aromatic carbocycles. The molecule has 0 aliphatic heterocycles. The molecule has 3 aromatic rings. The van der Waals surface area contributed by atoms with Crippen LogP contribution in [0.1, 0.15) is 12.2 Å². The molecule has 6 heteroatoms. The monoisotopic (exact) mass is 376 g/mol. The molecule has 1 heterocycles. The highest BCUT2D eigenvalue weighted by atomic mass is 16.5. The molecule has 0 aliphatic carbocycles. The van der Waals surface area contributed by atoms with E-state index in [0.717, 1.165) is 5.75 Å². The maximum Gasteiger partial charge on any atom is 0.244 e. The number of para-hydroxylation sites is 1. The van der Waals surface area contributed by atoms with Gasteiger partial charge < -0.3 is 19.8 Å². The third-order valence-electron chi connectivity index (χ3n) is 3.71. The minimum Gasteiger partial charge on any atom is -0.465 e. The average Bonchev–Trinajstić information content (AvgIpc) is 3.22. The number of hydrogen-bond donors (Lipinski definition) is 2. The SMILES string of the molecule is O=C(C=Cc1ccco1)NCCC(=O)Nc1ccc(Oc2ccccc2)cc1. The smallest absolute Gasteiger partial charge is 0.244 e. The van der Waals surface area contributed by atoms with Crippen molar-refractivity contribution in [1.82, 2.24) is 5.32 Å². The Morgan fingerprint density at radius 2 is 1.68 bits per heavy atom. The molecule has 0 fully saturated rings. The predicted octanol–water partition coefficient (Wildman–Crippen LogP) is 4.23. The number of nitrogens with one attached hydrogen (secondary N) is 2. The molecule has 142 valence electrons. The molecule has 3 rings (SSSR count). The molecule has 0 atom stereocenters. The third kappa shape index (κ3) is 6.17. The number of rotatable bonds is 8. The second-order valence-electron chi connectivity index (χ2n) is 5.88. The van der Waals surface area contributed by atoms with Crippen LogP contribution in [0.4, 0.5) is 5.69 Å². The number of hydrogen-bond acceptors (Lipinski definition) is 4. The van der Waals surface area contributed by atoms with Gasteiger partial charge in [-0.1, -0.05) is 18.2 Å². The van der Waals surface area contributed by atoms with Crippen molar-refractivity contribution in [1.29, 1.82) is 0 Å². The van der Waals surface area contributed by atoms with Crippen LogP contribution in [0, 0.1) is 0 Å². The van der Waals surface area contributed by atoms with E-state index in [2.05, 4.69) is 10.6 Å². The highest BCUT2D eigenvalue weighted by molar-refractivity contribution is 5.93. The van der Waals surface area contributed by atoms with Crippen LogP contribution in [0.3, 0.4) is 0 Å². The van der Waals surface area contributed by atoms with Gasteiger partial charge in [-0.3, -0.25) is 9.59 Å². The molecular formula is C22H20N2O4. The van der Waals surface area contributed by atoms with Crippen molar-refractivity contribution >= 4 is 23.6 Å². The number of benzene rings is 2. The lowest BCUT2D eigenvalue weighted by Gasteiger charge is -2.08. The van der Waals surface area contributed by atoms with Crippen LogP contribution in [-0.4, -0.2) is 18.4 Å². The molecule has 1 aromatic heterocycles. The Balaban J connectivity index is 1.39. The van der Waals surface area contributed by atoms with E-state index in [-0.39, 0.29) is 24.8 Å². The highest BCUT2D eigenvalue weighted by Crippen LogP contribution is 2.22. The number of furan rings is 1. The summed E-state index contributed by atoms with van der Waals surface area (Å²) in [5, 5.41) is 5.43. The highest BCUT2D eigenvalue weighted by Gasteiger charge is 2.04. The summed E-state index contributed by atoms with van der Waals surface area (Å²) < 4.78 is 10.8. The van der Waals surface area contributed by atoms with Gasteiger partial charge in [-0.05, 0) is 54.6 Å². The Labute approximate surface area is 162 Å². The van der Waals surface area contributed by atoms with Gasteiger partial charge in [-0.25, -0.2) is 0 Å². The fourth-order valence-corrected chi connectivity index (χ4v) is 2.36. The van der Waals surface area contributed by atoms with Gasteiger partial charge in [0.05, 0.1) is 6.26 Å². The first-order valence-electron chi connectivity index (χ1n) is 8.81. The van der Waals surface area contributed by atoms with Gasteiger partial charge in [0.15, 0.2) is 0 Å². The van der Waals surface area contributed by atoms with Gasteiger partial charge in [0.25, 0.3) is 0 Å². The summed E-state index contributed by atoms with van der Waals surface area (Å²) in [7, 11) is 0. The van der Waals surface area contributed by atoms with Crippen LogP contribution in [0.15, 0.2) is 83.5 Å². The quantitative estimate of drug-likeness (QED) is 0.577. The van der Waals surface area contributed by atoms with Crippen LogP contribution in [-0.2, 0) is 9.59 Å². The summed E-state index contributed by atoms with van der Waals surface area (Å²) in [5.41, 5.74) is 0.662. The molecule has 0 aliphatic rings. The van der Waals surface area contributed by atoms with E-state index in [9.17, 15) is 9.59 Å². The zero-order valence-corrected chi connectivity index (χ0v) is 15.1. The van der Waals surface area contributed by atoms with Crippen molar-refractivity contribution in [3.05, 3.63) is 84.8 Å². The van der Waals surface area contributed by atoms with E-state index in [4.69, 9.17) is 9.15 Å². The van der Waals surface area contributed by atoms with E-state index in [0.29, 0.717) is 17.2 Å². The zero-order valence-electron chi connectivity index (χ0n) is 15.1. The molecule has 0 spiro atoms. The average molecular weight is 376 g/mol. The molecule has 0 unspecified atom stereocenters. The van der Waals surface area contributed by atoms with E-state index >= 15 is 0 Å². The van der Waals surface area contributed by atoms with Gasteiger partial charge in [0.1, 0.15) is 17.3 Å². The fraction of sp³-hybridized carbons (Fsp3) is 0.0909. The topological polar surface area (TPSA) is 80.6 Å². The summed E-state index contributed by atoms with van der Waals surface area (Å²) in [6.45, 7) is 0.238. The molecule has 2 amide bonds. The molecule has 6 nitrogen and oxygen atoms in total. The van der Waals surface area contributed by atoms with Crippen molar-refractivity contribution in [2.75, 3.05) is 11.9 Å². The Morgan fingerprint density at radius 3 is 2.39 bits per heavy atom. The number of carbonyl (C=O) groups is 2. The van der Waals surface area contributed by atoms with Gasteiger partial charge in [0, 0.05) is 24.7 Å². The lowest BCUT2D eigenvalue weighted by molar-refractivity contribution is -0.117. The van der Waals surface area contributed by atoms with Crippen LogP contribution in [0.5, 0.6) is 11.5 Å². The molecule has 0 bridgehead atoms. The fourth-order valence-electron chi connectivity index (χ4n) is 2.36. The third-order valence-corrected chi connectivity index (χ3v) is 3.71. The molecule has 0 saturated heterocycles. The van der Waals surface area contributed by atoms with Gasteiger partial charge in [0.2, 0.25) is 11.8 Å². The van der Waals surface area contributed by atoms with Crippen molar-refractivity contribution in [2.24, 2.45) is 0 Å². The van der Waals surface area contributed by atoms with Gasteiger partial charge in [-0.2, -0.15) is 0 Å². The standard InChI is InChI=1S/C22H20N2O4/c25-21(13-12-18-7-4-16-27-18)23-15-14-22(26)24-17-8-10-20(11-9-17)28-19-5-2-1-3-6-19/h1-13,16H,14-15H2,(H,23,25)(H,24,26). The lowest BCUT2D eigenvalue weighted by Crippen LogP contribution is -2.26. The van der Waals surface area contributed by atoms with Crippen molar-refractivity contribution in [3.8, 4) is 11.5 Å². The molecule has 2 N–H and O–H groups in total. The molecule has 28 heavy (non-hydrogen) atoms. The van der Waals surface area contributed by atoms with Crippen LogP contribution in [0.2, 0.25) is 0 Å². The van der Waals surface area contributed by atoms with Crippen molar-refractivity contribution < 1.29 is 18.7 Å². The van der Waals surface area contributed by atoms with Gasteiger partial charge in [-0.15, -0.1) is 0 Å². The lowest BCUT2D eigenvalue weighted by atomic mass is 10.3. The molecule has 0 saturated carbocycles. The predicted molar refractivity (Wildman–Crippen MR) is 107 cm³/mol. The second kappa shape index (κ2) is 9.78. The number of amides is 2. The second-order valence-corrected chi connectivity index (χ2v) is 5.88. The van der Waals surface area contributed by atoms with Crippen LogP contribution in [0.25, 0.3) is 6.08 Å². The largest absolute Gasteiger partial charge is 0.465 e. The number of carbonyl (C=O) groups excluding carboxylic acids is 2. The van der Waals surface area contributed by atoms with Crippen molar-refractivity contribution in [3.63, 3.8) is 0 Å². The van der Waals surface area contributed by atoms with E-state index in [1.807, 2.05) is 30.3 Å². The number of anilines is 1.